The zero-order valence-electron chi connectivity index (χ0n) is 9.72. The molecule has 1 rings (SSSR count). The molecule has 0 unspecified atom stereocenters. The fraction of sp³-hybridized carbons (Fsp3) is 0.636. The first-order chi connectivity index (χ1) is 7.59. The van der Waals surface area contributed by atoms with Gasteiger partial charge < -0.3 is 10.3 Å². The van der Waals surface area contributed by atoms with E-state index in [-0.39, 0.29) is 11.5 Å². The molecule has 0 atom stereocenters. The standard InChI is InChI=1S/C11H20N2O2S/c1-2-9-16(14,15)10-8-13-7-3-4-11(13)5-6-12/h3-4,7H,2,5-6,8-10,12H2,1H3. The van der Waals surface area contributed by atoms with E-state index in [4.69, 9.17) is 5.73 Å². The van der Waals surface area contributed by atoms with E-state index in [1.807, 2.05) is 29.8 Å². The molecular formula is C11H20N2O2S. The molecule has 2 N–H and O–H groups in total. The Morgan fingerprint density at radius 1 is 1.38 bits per heavy atom. The number of nitrogens with two attached hydrogens (primary N) is 1. The van der Waals surface area contributed by atoms with Gasteiger partial charge in [-0.3, -0.25) is 0 Å². The van der Waals surface area contributed by atoms with Crippen LogP contribution in [-0.2, 0) is 22.8 Å². The van der Waals surface area contributed by atoms with E-state index in [2.05, 4.69) is 0 Å². The first kappa shape index (κ1) is 13.3. The smallest absolute Gasteiger partial charge is 0.152 e. The van der Waals surface area contributed by atoms with Crippen LogP contribution < -0.4 is 5.73 Å². The second-order valence-corrected chi connectivity index (χ2v) is 6.19. The van der Waals surface area contributed by atoms with Gasteiger partial charge in [0.15, 0.2) is 9.84 Å². The van der Waals surface area contributed by atoms with Crippen LogP contribution in [0.15, 0.2) is 18.3 Å². The highest BCUT2D eigenvalue weighted by atomic mass is 32.2. The Hall–Kier alpha value is -0.810. The van der Waals surface area contributed by atoms with E-state index in [0.717, 1.165) is 12.1 Å². The number of aromatic nitrogens is 1. The van der Waals surface area contributed by atoms with E-state index in [1.165, 1.54) is 0 Å². The van der Waals surface area contributed by atoms with Gasteiger partial charge in [-0.15, -0.1) is 0 Å². The molecule has 16 heavy (non-hydrogen) atoms. The largest absolute Gasteiger partial charge is 0.350 e. The number of sulfone groups is 1. The van der Waals surface area contributed by atoms with Crippen LogP contribution in [0, 0.1) is 0 Å². The van der Waals surface area contributed by atoms with Crippen molar-refractivity contribution in [2.24, 2.45) is 5.73 Å². The molecule has 0 aromatic carbocycles. The number of hydrogen-bond acceptors (Lipinski definition) is 3. The van der Waals surface area contributed by atoms with Gasteiger partial charge in [0.25, 0.3) is 0 Å². The van der Waals surface area contributed by atoms with Crippen molar-refractivity contribution in [2.75, 3.05) is 18.1 Å². The second-order valence-electron chi connectivity index (χ2n) is 3.88. The quantitative estimate of drug-likeness (QED) is 0.772. The number of rotatable bonds is 7. The molecule has 0 saturated heterocycles. The first-order valence-corrected chi connectivity index (χ1v) is 7.45. The molecule has 0 aliphatic rings. The highest BCUT2D eigenvalue weighted by Gasteiger charge is 2.10. The lowest BCUT2D eigenvalue weighted by Crippen LogP contribution is -2.17. The van der Waals surface area contributed by atoms with Crippen molar-refractivity contribution < 1.29 is 8.42 Å². The monoisotopic (exact) mass is 244 g/mol. The van der Waals surface area contributed by atoms with Crippen molar-refractivity contribution in [2.45, 2.75) is 26.3 Å². The molecular weight excluding hydrogens is 224 g/mol. The SMILES string of the molecule is CCCS(=O)(=O)CCn1cccc1CCN. The van der Waals surface area contributed by atoms with E-state index >= 15 is 0 Å². The van der Waals surface area contributed by atoms with Crippen LogP contribution in [0.25, 0.3) is 0 Å². The van der Waals surface area contributed by atoms with Crippen molar-refractivity contribution in [3.05, 3.63) is 24.0 Å². The average molecular weight is 244 g/mol. The number of aryl methyl sites for hydroxylation is 1. The maximum Gasteiger partial charge on any atom is 0.152 e. The molecule has 92 valence electrons. The van der Waals surface area contributed by atoms with Crippen LogP contribution >= 0.6 is 0 Å². The minimum Gasteiger partial charge on any atom is -0.350 e. The molecule has 0 radical (unpaired) electrons. The molecule has 1 aromatic rings. The second kappa shape index (κ2) is 6.06. The van der Waals surface area contributed by atoms with Crippen LogP contribution in [0.4, 0.5) is 0 Å². The van der Waals surface area contributed by atoms with E-state index in [0.29, 0.717) is 19.5 Å². The molecule has 0 aliphatic carbocycles. The fourth-order valence-electron chi connectivity index (χ4n) is 1.69. The van der Waals surface area contributed by atoms with Crippen LogP contribution in [0.5, 0.6) is 0 Å². The van der Waals surface area contributed by atoms with Gasteiger partial charge in [0.2, 0.25) is 0 Å². The first-order valence-electron chi connectivity index (χ1n) is 5.63. The van der Waals surface area contributed by atoms with Gasteiger partial charge in [0.05, 0.1) is 5.75 Å². The molecule has 0 aliphatic heterocycles. The summed E-state index contributed by atoms with van der Waals surface area (Å²) in [6, 6.07) is 3.91. The fourth-order valence-corrected chi connectivity index (χ4v) is 2.99. The van der Waals surface area contributed by atoms with E-state index < -0.39 is 9.84 Å². The summed E-state index contributed by atoms with van der Waals surface area (Å²) in [4.78, 5) is 0. The summed E-state index contributed by atoms with van der Waals surface area (Å²) in [6.07, 6.45) is 3.39. The molecule has 0 fully saturated rings. The Labute approximate surface area is 97.4 Å². The Kier molecular flexibility index (Phi) is 5.02. The lowest BCUT2D eigenvalue weighted by molar-refractivity contribution is 0.585. The summed E-state index contributed by atoms with van der Waals surface area (Å²) in [7, 11) is -2.89. The van der Waals surface area contributed by atoms with Gasteiger partial charge in [-0.1, -0.05) is 6.92 Å². The van der Waals surface area contributed by atoms with Crippen LogP contribution in [0.1, 0.15) is 19.0 Å². The third-order valence-corrected chi connectivity index (χ3v) is 4.32. The van der Waals surface area contributed by atoms with Crippen LogP contribution in [0.2, 0.25) is 0 Å². The molecule has 4 nitrogen and oxygen atoms in total. The zero-order valence-corrected chi connectivity index (χ0v) is 10.5. The van der Waals surface area contributed by atoms with Gasteiger partial charge in [0.1, 0.15) is 0 Å². The van der Waals surface area contributed by atoms with Crippen molar-refractivity contribution >= 4 is 9.84 Å². The predicted octanol–water partition coefficient (Wildman–Crippen LogP) is 0.814. The minimum atomic E-state index is -2.89. The van der Waals surface area contributed by atoms with Gasteiger partial charge in [-0.05, 0) is 31.5 Å². The Balaban J connectivity index is 2.57. The summed E-state index contributed by atoms with van der Waals surface area (Å²) in [6.45, 7) is 3.00. The van der Waals surface area contributed by atoms with Gasteiger partial charge in [-0.25, -0.2) is 8.42 Å². The third kappa shape index (κ3) is 3.98. The average Bonchev–Trinajstić information content (AvgIpc) is 2.63. The zero-order chi connectivity index (χ0) is 12.0. The normalized spacial score (nSPS) is 11.9. The summed E-state index contributed by atoms with van der Waals surface area (Å²) in [5.74, 6) is 0.494. The summed E-state index contributed by atoms with van der Waals surface area (Å²) < 4.78 is 25.1. The lowest BCUT2D eigenvalue weighted by atomic mass is 10.3. The van der Waals surface area contributed by atoms with Crippen molar-refractivity contribution in [3.8, 4) is 0 Å². The Bertz CT molecular complexity index is 409. The molecule has 0 saturated carbocycles. The number of nitrogens with zero attached hydrogens (tertiary/aromatic N) is 1. The van der Waals surface area contributed by atoms with Crippen LogP contribution in [-0.4, -0.2) is 31.0 Å². The lowest BCUT2D eigenvalue weighted by Gasteiger charge is -2.08. The molecule has 0 spiro atoms. The maximum absolute atomic E-state index is 11.6. The summed E-state index contributed by atoms with van der Waals surface area (Å²) in [5.41, 5.74) is 6.59. The van der Waals surface area contributed by atoms with Crippen molar-refractivity contribution in [1.29, 1.82) is 0 Å². The predicted molar refractivity (Wildman–Crippen MR) is 66.1 cm³/mol. The highest BCUT2D eigenvalue weighted by Crippen LogP contribution is 2.04. The molecule has 5 heteroatoms. The maximum atomic E-state index is 11.6. The van der Waals surface area contributed by atoms with Gasteiger partial charge >= 0.3 is 0 Å². The molecule has 0 bridgehead atoms. The van der Waals surface area contributed by atoms with Gasteiger partial charge in [0, 0.05) is 24.2 Å². The van der Waals surface area contributed by atoms with E-state index in [9.17, 15) is 8.42 Å². The molecule has 0 amide bonds. The van der Waals surface area contributed by atoms with Crippen LogP contribution in [0.3, 0.4) is 0 Å². The van der Waals surface area contributed by atoms with Gasteiger partial charge in [-0.2, -0.15) is 0 Å². The third-order valence-electron chi connectivity index (χ3n) is 2.48. The summed E-state index contributed by atoms with van der Waals surface area (Å²) in [5, 5.41) is 0. The van der Waals surface area contributed by atoms with E-state index in [1.54, 1.807) is 0 Å². The Morgan fingerprint density at radius 3 is 2.75 bits per heavy atom. The minimum absolute atomic E-state index is 0.215. The summed E-state index contributed by atoms with van der Waals surface area (Å²) >= 11 is 0. The molecule has 1 heterocycles. The highest BCUT2D eigenvalue weighted by molar-refractivity contribution is 7.91. The Morgan fingerprint density at radius 2 is 2.12 bits per heavy atom. The van der Waals surface area contributed by atoms with Crippen molar-refractivity contribution in [3.63, 3.8) is 0 Å². The molecule has 1 aromatic heterocycles. The number of hydrogen-bond donors (Lipinski definition) is 1. The topological polar surface area (TPSA) is 65.1 Å². The van der Waals surface area contributed by atoms with Crippen molar-refractivity contribution in [1.82, 2.24) is 4.57 Å².